The van der Waals surface area contributed by atoms with Gasteiger partial charge < -0.3 is 5.11 Å². The van der Waals surface area contributed by atoms with E-state index in [4.69, 9.17) is 5.11 Å². The maximum Gasteiger partial charge on any atom is 0.0866 e. The highest BCUT2D eigenvalue weighted by atomic mass is 16.3. The maximum atomic E-state index is 8.78. The van der Waals surface area contributed by atoms with E-state index >= 15 is 0 Å². The molecule has 0 spiro atoms. The van der Waals surface area contributed by atoms with Crippen molar-refractivity contribution in [3.8, 4) is 0 Å². The van der Waals surface area contributed by atoms with Gasteiger partial charge in [0, 0.05) is 0 Å². The first kappa shape index (κ1) is 5.85. The van der Waals surface area contributed by atoms with Crippen LogP contribution in [0.2, 0.25) is 0 Å². The monoisotopic (exact) mass is 139 g/mol. The molecule has 1 fully saturated rings. The smallest absolute Gasteiger partial charge is 0.0866 e. The molecule has 1 aromatic rings. The first-order valence-corrected chi connectivity index (χ1v) is 3.41. The first-order chi connectivity index (χ1) is 4.92. The van der Waals surface area contributed by atoms with Crippen molar-refractivity contribution in [2.75, 3.05) is 0 Å². The van der Waals surface area contributed by atoms with Gasteiger partial charge in [-0.2, -0.15) is 0 Å². The van der Waals surface area contributed by atoms with Gasteiger partial charge in [-0.1, -0.05) is 5.21 Å². The number of hydrogen-bond donors (Lipinski definition) is 1. The Morgan fingerprint density at radius 3 is 3.10 bits per heavy atom. The summed E-state index contributed by atoms with van der Waals surface area (Å²) < 4.78 is 1.81. The van der Waals surface area contributed by atoms with Crippen LogP contribution in [0.1, 0.15) is 24.6 Å². The molecule has 2 rings (SSSR count). The molecule has 0 aromatic carbocycles. The lowest BCUT2D eigenvalue weighted by atomic mass is 10.5. The molecule has 1 aromatic heterocycles. The van der Waals surface area contributed by atoms with E-state index in [0.717, 1.165) is 5.69 Å². The Morgan fingerprint density at radius 1 is 1.70 bits per heavy atom. The molecule has 10 heavy (non-hydrogen) atoms. The van der Waals surface area contributed by atoms with Gasteiger partial charge in [0.15, 0.2) is 0 Å². The third-order valence-corrected chi connectivity index (χ3v) is 1.70. The maximum absolute atomic E-state index is 8.78. The summed E-state index contributed by atoms with van der Waals surface area (Å²) in [6.07, 6.45) is 3.96. The molecule has 0 unspecified atom stereocenters. The molecule has 4 heteroatoms. The van der Waals surface area contributed by atoms with Crippen molar-refractivity contribution < 1.29 is 5.11 Å². The minimum absolute atomic E-state index is 0.0451. The molecule has 0 aliphatic heterocycles. The molecular formula is C6H9N3O. The molecule has 0 bridgehead atoms. The number of hydrogen-bond acceptors (Lipinski definition) is 3. The number of rotatable bonds is 2. The Hall–Kier alpha value is -0.900. The van der Waals surface area contributed by atoms with Crippen molar-refractivity contribution in [2.24, 2.45) is 0 Å². The highest BCUT2D eigenvalue weighted by molar-refractivity contribution is 4.96. The molecule has 4 nitrogen and oxygen atoms in total. The van der Waals surface area contributed by atoms with Gasteiger partial charge in [-0.25, -0.2) is 4.68 Å². The number of aliphatic hydroxyl groups excluding tert-OH is 1. The highest BCUT2D eigenvalue weighted by Crippen LogP contribution is 2.34. The molecule has 0 atom stereocenters. The fourth-order valence-electron chi connectivity index (χ4n) is 1.00. The van der Waals surface area contributed by atoms with Gasteiger partial charge in [0.2, 0.25) is 0 Å². The number of nitrogens with zero attached hydrogens (tertiary/aromatic N) is 3. The molecule has 1 N–H and O–H groups in total. The highest BCUT2D eigenvalue weighted by Gasteiger charge is 2.26. The molecule has 1 aliphatic rings. The second kappa shape index (κ2) is 2.05. The van der Waals surface area contributed by atoms with E-state index < -0.39 is 0 Å². The fraction of sp³-hybridized carbons (Fsp3) is 0.667. The van der Waals surface area contributed by atoms with Crippen LogP contribution in [0.5, 0.6) is 0 Å². The van der Waals surface area contributed by atoms with E-state index in [1.165, 1.54) is 12.8 Å². The quantitative estimate of drug-likeness (QED) is 0.632. The summed E-state index contributed by atoms with van der Waals surface area (Å²) in [6.45, 7) is 0.0451. The van der Waals surface area contributed by atoms with Crippen molar-refractivity contribution in [3.63, 3.8) is 0 Å². The first-order valence-electron chi connectivity index (χ1n) is 3.41. The summed E-state index contributed by atoms with van der Waals surface area (Å²) in [5, 5.41) is 16.3. The van der Waals surface area contributed by atoms with Crippen LogP contribution in [-0.2, 0) is 6.61 Å². The van der Waals surface area contributed by atoms with Gasteiger partial charge in [0.1, 0.15) is 0 Å². The van der Waals surface area contributed by atoms with Crippen LogP contribution in [0.25, 0.3) is 0 Å². The Bertz CT molecular complexity index is 229. The van der Waals surface area contributed by atoms with Gasteiger partial charge in [-0.05, 0) is 12.8 Å². The Labute approximate surface area is 58.5 Å². The van der Waals surface area contributed by atoms with Crippen LogP contribution in [0.4, 0.5) is 0 Å². The standard InChI is InChI=1S/C6H9N3O/c10-4-6-3-7-8-9(6)5-1-2-5/h3,5,10H,1-2,4H2. The molecule has 0 amide bonds. The summed E-state index contributed by atoms with van der Waals surface area (Å²) in [5.41, 5.74) is 0.822. The van der Waals surface area contributed by atoms with Crippen molar-refractivity contribution in [1.29, 1.82) is 0 Å². The predicted octanol–water partition coefficient (Wildman–Crippen LogP) is 0.105. The second-order valence-electron chi connectivity index (χ2n) is 2.56. The zero-order valence-corrected chi connectivity index (χ0v) is 5.56. The molecule has 0 radical (unpaired) electrons. The summed E-state index contributed by atoms with van der Waals surface area (Å²) in [4.78, 5) is 0. The SMILES string of the molecule is OCc1cnnn1C1CC1. The zero-order chi connectivity index (χ0) is 6.97. The summed E-state index contributed by atoms with van der Waals surface area (Å²) in [7, 11) is 0. The van der Waals surface area contributed by atoms with Crippen molar-refractivity contribution in [2.45, 2.75) is 25.5 Å². The minimum atomic E-state index is 0.0451. The van der Waals surface area contributed by atoms with Gasteiger partial charge in [0.25, 0.3) is 0 Å². The van der Waals surface area contributed by atoms with Gasteiger partial charge in [-0.15, -0.1) is 5.10 Å². The van der Waals surface area contributed by atoms with E-state index in [2.05, 4.69) is 10.3 Å². The Kier molecular flexibility index (Phi) is 1.20. The lowest BCUT2D eigenvalue weighted by Gasteiger charge is -1.98. The second-order valence-corrected chi connectivity index (χ2v) is 2.56. The molecule has 1 saturated carbocycles. The number of aromatic nitrogens is 3. The largest absolute Gasteiger partial charge is 0.390 e. The Balaban J connectivity index is 2.28. The van der Waals surface area contributed by atoms with Crippen LogP contribution in [-0.4, -0.2) is 20.1 Å². The van der Waals surface area contributed by atoms with Crippen LogP contribution < -0.4 is 0 Å². The summed E-state index contributed by atoms with van der Waals surface area (Å²) >= 11 is 0. The summed E-state index contributed by atoms with van der Waals surface area (Å²) in [5.74, 6) is 0. The molecule has 54 valence electrons. The van der Waals surface area contributed by atoms with E-state index in [0.29, 0.717) is 6.04 Å². The van der Waals surface area contributed by atoms with E-state index in [9.17, 15) is 0 Å². The lowest BCUT2D eigenvalue weighted by molar-refractivity contribution is 0.267. The van der Waals surface area contributed by atoms with E-state index in [1.54, 1.807) is 10.9 Å². The van der Waals surface area contributed by atoms with Crippen molar-refractivity contribution in [3.05, 3.63) is 11.9 Å². The molecule has 1 aliphatic carbocycles. The van der Waals surface area contributed by atoms with Crippen LogP contribution >= 0.6 is 0 Å². The average molecular weight is 139 g/mol. The average Bonchev–Trinajstić information content (AvgIpc) is 2.69. The molecular weight excluding hydrogens is 130 g/mol. The van der Waals surface area contributed by atoms with Crippen LogP contribution in [0.3, 0.4) is 0 Å². The molecule has 0 saturated heterocycles. The summed E-state index contributed by atoms with van der Waals surface area (Å²) in [6, 6.07) is 0.518. The topological polar surface area (TPSA) is 50.9 Å². The van der Waals surface area contributed by atoms with Gasteiger partial charge in [-0.3, -0.25) is 0 Å². The van der Waals surface area contributed by atoms with Crippen LogP contribution in [0, 0.1) is 0 Å². The zero-order valence-electron chi connectivity index (χ0n) is 5.56. The van der Waals surface area contributed by atoms with Crippen molar-refractivity contribution in [1.82, 2.24) is 15.0 Å². The third kappa shape index (κ3) is 0.806. The normalized spacial score (nSPS) is 17.7. The fourth-order valence-corrected chi connectivity index (χ4v) is 1.00. The van der Waals surface area contributed by atoms with Crippen molar-refractivity contribution >= 4 is 0 Å². The number of aliphatic hydroxyl groups is 1. The predicted molar refractivity (Wildman–Crippen MR) is 34.2 cm³/mol. The van der Waals surface area contributed by atoms with Gasteiger partial charge in [0.05, 0.1) is 24.5 Å². The minimum Gasteiger partial charge on any atom is -0.390 e. The van der Waals surface area contributed by atoms with E-state index in [-0.39, 0.29) is 6.61 Å². The van der Waals surface area contributed by atoms with Crippen LogP contribution in [0.15, 0.2) is 6.20 Å². The lowest BCUT2D eigenvalue weighted by Crippen LogP contribution is -2.01. The van der Waals surface area contributed by atoms with E-state index in [1.807, 2.05) is 0 Å². The third-order valence-electron chi connectivity index (χ3n) is 1.70. The molecule has 1 heterocycles. The Morgan fingerprint density at radius 2 is 2.50 bits per heavy atom. The van der Waals surface area contributed by atoms with Gasteiger partial charge >= 0.3 is 0 Å².